The van der Waals surface area contributed by atoms with Gasteiger partial charge in [-0.05, 0) is 47.3 Å². The number of para-hydroxylation sites is 4. The SMILES string of the molecule is C1=C2CC(=C1)c1cccc3c1[nH]c1c(cccc13)C1=CC=C(C1)c1cccc3c1=NC(=C1C=c4cccc2c4=N1)C=3. The molecule has 10 rings (SSSR count). The number of benzene rings is 4. The molecule has 4 heterocycles. The van der Waals surface area contributed by atoms with Crippen LogP contribution >= 0.6 is 0 Å². The molecule has 5 aromatic rings. The maximum Gasteiger partial charge on any atom is 0.0901 e. The van der Waals surface area contributed by atoms with E-state index in [0.29, 0.717) is 0 Å². The van der Waals surface area contributed by atoms with Gasteiger partial charge in [0, 0.05) is 43.5 Å². The number of fused-ring (bicyclic) bond motifs is 11. The summed E-state index contributed by atoms with van der Waals surface area (Å²) in [7, 11) is 0. The second kappa shape index (κ2) is 7.67. The van der Waals surface area contributed by atoms with Crippen molar-refractivity contribution in [1.29, 1.82) is 0 Å². The van der Waals surface area contributed by atoms with E-state index in [1.165, 1.54) is 66.4 Å². The summed E-state index contributed by atoms with van der Waals surface area (Å²) in [4.78, 5) is 14.2. The van der Waals surface area contributed by atoms with E-state index in [9.17, 15) is 0 Å². The van der Waals surface area contributed by atoms with Crippen molar-refractivity contribution in [3.8, 4) is 0 Å². The fourth-order valence-corrected chi connectivity index (χ4v) is 7.26. The normalized spacial score (nSPS) is 17.4. The first-order valence-corrected chi connectivity index (χ1v) is 14.3. The fraction of sp³-hybridized carbons (Fsp3) is 0.0526. The zero-order chi connectivity index (χ0) is 26.7. The zero-order valence-corrected chi connectivity index (χ0v) is 22.2. The summed E-state index contributed by atoms with van der Waals surface area (Å²) in [5, 5.41) is 6.97. The van der Waals surface area contributed by atoms with Crippen molar-refractivity contribution in [1.82, 2.24) is 4.98 Å². The van der Waals surface area contributed by atoms with E-state index in [0.717, 1.165) is 45.4 Å². The first kappa shape index (κ1) is 21.5. The third-order valence-corrected chi connectivity index (χ3v) is 9.23. The Bertz CT molecular complexity index is 2330. The average Bonchev–Trinajstić information content (AvgIpc) is 3.83. The minimum atomic E-state index is 0.878. The number of nitrogens with zero attached hydrogens (tertiary/aromatic N) is 2. The number of hydrogen-bond acceptors (Lipinski definition) is 2. The third-order valence-electron chi connectivity index (χ3n) is 9.23. The minimum Gasteiger partial charge on any atom is -0.354 e. The molecule has 0 saturated heterocycles. The fourth-order valence-electron chi connectivity index (χ4n) is 7.26. The molecule has 190 valence electrons. The lowest BCUT2D eigenvalue weighted by Gasteiger charge is -2.08. The van der Waals surface area contributed by atoms with Crippen LogP contribution in [0.4, 0.5) is 0 Å². The van der Waals surface area contributed by atoms with Crippen LogP contribution in [0.5, 0.6) is 0 Å². The zero-order valence-electron chi connectivity index (χ0n) is 22.2. The first-order chi connectivity index (χ1) is 20.3. The molecule has 3 nitrogen and oxygen atoms in total. The van der Waals surface area contributed by atoms with Crippen molar-refractivity contribution in [2.45, 2.75) is 12.8 Å². The molecule has 1 N–H and O–H groups in total. The van der Waals surface area contributed by atoms with Gasteiger partial charge in [0.25, 0.3) is 0 Å². The summed E-state index contributed by atoms with van der Waals surface area (Å²) in [6, 6.07) is 26.5. The molecule has 0 amide bonds. The predicted molar refractivity (Wildman–Crippen MR) is 167 cm³/mol. The summed E-state index contributed by atoms with van der Waals surface area (Å²) in [6.45, 7) is 0. The van der Waals surface area contributed by atoms with Crippen LogP contribution in [0.3, 0.4) is 0 Å². The highest BCUT2D eigenvalue weighted by Crippen LogP contribution is 2.41. The lowest BCUT2D eigenvalue weighted by atomic mass is 9.95. The van der Waals surface area contributed by atoms with Gasteiger partial charge in [0.15, 0.2) is 0 Å². The van der Waals surface area contributed by atoms with Crippen LogP contribution in [0, 0.1) is 0 Å². The lowest BCUT2D eigenvalue weighted by molar-refractivity contribution is 1.22. The number of allylic oxidation sites excluding steroid dienone is 10. The molecular formula is C38H23N3. The summed E-state index contributed by atoms with van der Waals surface area (Å²) in [6.07, 6.45) is 15.3. The molecular weight excluding hydrogens is 498 g/mol. The van der Waals surface area contributed by atoms with Crippen LogP contribution in [-0.2, 0) is 0 Å². The minimum absolute atomic E-state index is 0.878. The van der Waals surface area contributed by atoms with Gasteiger partial charge in [-0.1, -0.05) is 97.1 Å². The molecule has 0 saturated carbocycles. The van der Waals surface area contributed by atoms with Gasteiger partial charge in [0.1, 0.15) is 0 Å². The molecule has 2 aliphatic carbocycles. The molecule has 0 spiro atoms. The van der Waals surface area contributed by atoms with E-state index >= 15 is 0 Å². The number of aromatic amines is 1. The Balaban J connectivity index is 1.26. The van der Waals surface area contributed by atoms with Crippen LogP contribution in [0.15, 0.2) is 118 Å². The van der Waals surface area contributed by atoms with Gasteiger partial charge in [-0.25, -0.2) is 9.98 Å². The first-order valence-electron chi connectivity index (χ1n) is 14.3. The number of hydrogen-bond donors (Lipinski definition) is 1. The molecule has 10 bridgehead atoms. The average molecular weight is 522 g/mol. The predicted octanol–water partition coefficient (Wildman–Crippen LogP) is 6.12. The summed E-state index contributed by atoms with van der Waals surface area (Å²) < 4.78 is 0. The Morgan fingerprint density at radius 2 is 0.878 bits per heavy atom. The third kappa shape index (κ3) is 2.93. The molecule has 0 atom stereocenters. The lowest BCUT2D eigenvalue weighted by Crippen LogP contribution is -2.25. The molecule has 41 heavy (non-hydrogen) atoms. The van der Waals surface area contributed by atoms with E-state index in [-0.39, 0.29) is 0 Å². The Labute approximate surface area is 235 Å². The second-order valence-electron chi connectivity index (χ2n) is 11.5. The highest BCUT2D eigenvalue weighted by atomic mass is 14.8. The molecule has 0 unspecified atom stereocenters. The Kier molecular flexibility index (Phi) is 4.03. The van der Waals surface area contributed by atoms with Crippen molar-refractivity contribution < 1.29 is 0 Å². The monoisotopic (exact) mass is 521 g/mol. The van der Waals surface area contributed by atoms with Crippen LogP contribution in [0.25, 0.3) is 56.3 Å². The molecule has 0 fully saturated rings. The highest BCUT2D eigenvalue weighted by Gasteiger charge is 2.22. The molecule has 3 aliphatic heterocycles. The smallest absolute Gasteiger partial charge is 0.0901 e. The summed E-state index contributed by atoms with van der Waals surface area (Å²) >= 11 is 0. The maximum absolute atomic E-state index is 5.18. The van der Waals surface area contributed by atoms with Gasteiger partial charge in [-0.15, -0.1) is 0 Å². The van der Waals surface area contributed by atoms with Gasteiger partial charge in [0.05, 0.1) is 33.1 Å². The van der Waals surface area contributed by atoms with E-state index in [4.69, 9.17) is 9.98 Å². The number of rotatable bonds is 0. The molecule has 4 aromatic carbocycles. The van der Waals surface area contributed by atoms with Crippen molar-refractivity contribution in [2.24, 2.45) is 9.98 Å². The van der Waals surface area contributed by atoms with Crippen LogP contribution < -0.4 is 21.2 Å². The second-order valence-corrected chi connectivity index (χ2v) is 11.5. The Morgan fingerprint density at radius 3 is 1.37 bits per heavy atom. The highest BCUT2D eigenvalue weighted by molar-refractivity contribution is 6.14. The van der Waals surface area contributed by atoms with Crippen molar-refractivity contribution in [3.63, 3.8) is 0 Å². The van der Waals surface area contributed by atoms with Gasteiger partial charge in [-0.3, -0.25) is 0 Å². The van der Waals surface area contributed by atoms with E-state index in [2.05, 4.69) is 114 Å². The van der Waals surface area contributed by atoms with E-state index in [1.54, 1.807) is 0 Å². The number of aromatic nitrogens is 1. The van der Waals surface area contributed by atoms with Gasteiger partial charge in [0.2, 0.25) is 0 Å². The number of H-pyrrole nitrogens is 1. The van der Waals surface area contributed by atoms with Crippen LogP contribution in [0.2, 0.25) is 0 Å². The summed E-state index contributed by atoms with van der Waals surface area (Å²) in [5.74, 6) is 0. The number of nitrogens with one attached hydrogen (secondary N) is 1. The Morgan fingerprint density at radius 1 is 0.463 bits per heavy atom. The van der Waals surface area contributed by atoms with E-state index < -0.39 is 0 Å². The molecule has 3 heteroatoms. The van der Waals surface area contributed by atoms with Crippen molar-refractivity contribution in [3.05, 3.63) is 152 Å². The van der Waals surface area contributed by atoms with Crippen molar-refractivity contribution >= 4 is 56.3 Å². The van der Waals surface area contributed by atoms with Crippen molar-refractivity contribution in [2.75, 3.05) is 0 Å². The van der Waals surface area contributed by atoms with Crippen LogP contribution in [0.1, 0.15) is 35.1 Å². The largest absolute Gasteiger partial charge is 0.354 e. The standard InChI is InChI=1S/C38H23N3/c1-5-25-19-33-34-20-26-6-2-8-28(36(26)40-34)22-14-16-24(18-22)30-10-4-12-32-31-11-3-9-29(37(31)41-38(30)32)23-15-13-21(17-23)27(7-1)35(25)39-33/h1-16,19-20,41H,17-18H2. The van der Waals surface area contributed by atoms with Crippen LogP contribution in [-0.4, -0.2) is 4.98 Å². The van der Waals surface area contributed by atoms with E-state index in [1.807, 2.05) is 0 Å². The maximum atomic E-state index is 5.18. The molecule has 1 aromatic heterocycles. The molecule has 0 radical (unpaired) electrons. The van der Waals surface area contributed by atoms with Gasteiger partial charge in [-0.2, -0.15) is 0 Å². The Hall–Kier alpha value is -5.28. The summed E-state index contributed by atoms with van der Waals surface area (Å²) in [5.41, 5.74) is 14.5. The topological polar surface area (TPSA) is 40.5 Å². The van der Waals surface area contributed by atoms with Gasteiger partial charge >= 0.3 is 0 Å². The van der Waals surface area contributed by atoms with Gasteiger partial charge < -0.3 is 4.98 Å². The molecule has 5 aliphatic rings. The quantitative estimate of drug-likeness (QED) is 0.255.